The highest BCUT2D eigenvalue weighted by Gasteiger charge is 2.17. The molecule has 0 saturated heterocycles. The van der Waals surface area contributed by atoms with Gasteiger partial charge in [-0.25, -0.2) is 4.98 Å². The Bertz CT molecular complexity index is 1170. The molecule has 27 heavy (non-hydrogen) atoms. The molecule has 3 aromatic carbocycles. The number of carbonyl (C=O) groups excluding carboxylic acids is 1. The summed E-state index contributed by atoms with van der Waals surface area (Å²) >= 11 is 1.40. The number of hydrogen-bond donors (Lipinski definition) is 1. The lowest BCUT2D eigenvalue weighted by atomic mass is 10.1. The lowest BCUT2D eigenvalue weighted by Gasteiger charge is -2.03. The van der Waals surface area contributed by atoms with Gasteiger partial charge >= 0.3 is 0 Å². The van der Waals surface area contributed by atoms with E-state index in [9.17, 15) is 4.79 Å². The van der Waals surface area contributed by atoms with E-state index in [0.29, 0.717) is 22.2 Å². The van der Waals surface area contributed by atoms with Gasteiger partial charge in [0.2, 0.25) is 6.79 Å². The summed E-state index contributed by atoms with van der Waals surface area (Å²) in [6.07, 6.45) is 0. The highest BCUT2D eigenvalue weighted by Crippen LogP contribution is 2.33. The Morgan fingerprint density at radius 2 is 1.81 bits per heavy atom. The minimum absolute atomic E-state index is 0.183. The van der Waals surface area contributed by atoms with Crippen LogP contribution in [-0.4, -0.2) is 17.7 Å². The molecule has 0 unspecified atom stereocenters. The van der Waals surface area contributed by atoms with Crippen molar-refractivity contribution in [1.29, 1.82) is 0 Å². The Morgan fingerprint density at radius 1 is 0.963 bits per heavy atom. The van der Waals surface area contributed by atoms with Crippen molar-refractivity contribution in [3.63, 3.8) is 0 Å². The van der Waals surface area contributed by atoms with Gasteiger partial charge in [0, 0.05) is 16.5 Å². The zero-order valence-electron chi connectivity index (χ0n) is 14.1. The van der Waals surface area contributed by atoms with Gasteiger partial charge in [0.15, 0.2) is 16.6 Å². The van der Waals surface area contributed by atoms with Crippen molar-refractivity contribution in [1.82, 2.24) is 4.98 Å². The molecule has 1 N–H and O–H groups in total. The first-order chi connectivity index (χ1) is 13.3. The number of amides is 1. The third-order valence-electron chi connectivity index (χ3n) is 4.40. The summed E-state index contributed by atoms with van der Waals surface area (Å²) in [5.41, 5.74) is 2.36. The van der Waals surface area contributed by atoms with Gasteiger partial charge in [-0.1, -0.05) is 36.4 Å². The van der Waals surface area contributed by atoms with Crippen LogP contribution in [-0.2, 0) is 0 Å². The average Bonchev–Trinajstić information content (AvgIpc) is 3.36. The molecule has 0 fully saturated rings. The molecule has 0 bridgehead atoms. The molecule has 6 heteroatoms. The minimum Gasteiger partial charge on any atom is -0.454 e. The molecule has 0 radical (unpaired) electrons. The quantitative estimate of drug-likeness (QED) is 0.551. The largest absolute Gasteiger partial charge is 0.454 e. The van der Waals surface area contributed by atoms with Crippen LogP contribution in [0.25, 0.3) is 22.0 Å². The fourth-order valence-corrected chi connectivity index (χ4v) is 3.73. The van der Waals surface area contributed by atoms with E-state index in [4.69, 9.17) is 9.47 Å². The summed E-state index contributed by atoms with van der Waals surface area (Å²) in [4.78, 5) is 17.0. The first-order valence-electron chi connectivity index (χ1n) is 8.42. The average molecular weight is 374 g/mol. The first-order valence-corrected chi connectivity index (χ1v) is 9.30. The maximum absolute atomic E-state index is 12.5. The maximum atomic E-state index is 12.5. The molecule has 0 atom stereocenters. The van der Waals surface area contributed by atoms with Crippen molar-refractivity contribution >= 4 is 33.1 Å². The molecule has 4 aromatic rings. The topological polar surface area (TPSA) is 60.5 Å². The lowest BCUT2D eigenvalue weighted by molar-refractivity contribution is 0.102. The number of fused-ring (bicyclic) bond motifs is 2. The molecule has 5 rings (SSSR count). The normalized spacial score (nSPS) is 12.3. The Hall–Kier alpha value is -3.38. The van der Waals surface area contributed by atoms with Crippen LogP contribution < -0.4 is 14.8 Å². The molecule has 1 aromatic heterocycles. The number of hydrogen-bond acceptors (Lipinski definition) is 5. The van der Waals surface area contributed by atoms with Gasteiger partial charge in [0.1, 0.15) is 0 Å². The van der Waals surface area contributed by atoms with Gasteiger partial charge in [-0.2, -0.15) is 0 Å². The summed E-state index contributed by atoms with van der Waals surface area (Å²) in [6, 6.07) is 19.5. The summed E-state index contributed by atoms with van der Waals surface area (Å²) < 4.78 is 10.6. The molecule has 132 valence electrons. The number of nitrogens with one attached hydrogen (secondary N) is 1. The summed E-state index contributed by atoms with van der Waals surface area (Å²) in [5, 5.41) is 7.70. The van der Waals surface area contributed by atoms with Gasteiger partial charge < -0.3 is 9.47 Å². The van der Waals surface area contributed by atoms with E-state index in [1.807, 2.05) is 23.6 Å². The van der Waals surface area contributed by atoms with Gasteiger partial charge in [0.25, 0.3) is 5.91 Å². The molecule has 0 aliphatic carbocycles. The Balaban J connectivity index is 1.37. The van der Waals surface area contributed by atoms with Gasteiger partial charge in [0.05, 0.1) is 5.69 Å². The van der Waals surface area contributed by atoms with E-state index >= 15 is 0 Å². The van der Waals surface area contributed by atoms with Gasteiger partial charge in [-0.05, 0) is 35.0 Å². The molecule has 0 saturated carbocycles. The highest BCUT2D eigenvalue weighted by molar-refractivity contribution is 7.14. The summed E-state index contributed by atoms with van der Waals surface area (Å²) in [5.74, 6) is 1.01. The van der Waals surface area contributed by atoms with Crippen LogP contribution in [0.2, 0.25) is 0 Å². The second-order valence-corrected chi connectivity index (χ2v) is 6.98. The smallest absolute Gasteiger partial charge is 0.257 e. The highest BCUT2D eigenvalue weighted by atomic mass is 32.1. The van der Waals surface area contributed by atoms with E-state index in [1.165, 1.54) is 16.7 Å². The number of ether oxygens (including phenoxy) is 2. The predicted molar refractivity (Wildman–Crippen MR) is 106 cm³/mol. The third kappa shape index (κ3) is 3.00. The van der Waals surface area contributed by atoms with E-state index in [1.54, 1.807) is 18.2 Å². The zero-order valence-corrected chi connectivity index (χ0v) is 15.0. The molecule has 0 spiro atoms. The van der Waals surface area contributed by atoms with E-state index in [2.05, 4.69) is 34.6 Å². The van der Waals surface area contributed by atoms with Crippen molar-refractivity contribution in [2.75, 3.05) is 12.1 Å². The molecular weight excluding hydrogens is 360 g/mol. The van der Waals surface area contributed by atoms with Crippen molar-refractivity contribution in [3.8, 4) is 22.8 Å². The Morgan fingerprint density at radius 3 is 2.74 bits per heavy atom. The fraction of sp³-hybridized carbons (Fsp3) is 0.0476. The van der Waals surface area contributed by atoms with Crippen molar-refractivity contribution in [2.24, 2.45) is 0 Å². The second-order valence-electron chi connectivity index (χ2n) is 6.12. The van der Waals surface area contributed by atoms with Crippen molar-refractivity contribution in [2.45, 2.75) is 0 Å². The number of benzene rings is 3. The fourth-order valence-electron chi connectivity index (χ4n) is 3.02. The zero-order chi connectivity index (χ0) is 18.2. The molecule has 2 heterocycles. The van der Waals surface area contributed by atoms with Crippen LogP contribution in [0.5, 0.6) is 11.5 Å². The Kier molecular flexibility index (Phi) is 3.76. The van der Waals surface area contributed by atoms with E-state index in [-0.39, 0.29) is 12.7 Å². The monoisotopic (exact) mass is 374 g/mol. The Labute approximate surface area is 159 Å². The summed E-state index contributed by atoms with van der Waals surface area (Å²) in [6.45, 7) is 0.183. The minimum atomic E-state index is -0.229. The number of nitrogens with zero attached hydrogens (tertiary/aromatic N) is 1. The van der Waals surface area contributed by atoms with Crippen molar-refractivity contribution in [3.05, 3.63) is 71.6 Å². The number of carbonyl (C=O) groups is 1. The van der Waals surface area contributed by atoms with Gasteiger partial charge in [-0.3, -0.25) is 10.1 Å². The van der Waals surface area contributed by atoms with Crippen LogP contribution >= 0.6 is 11.3 Å². The van der Waals surface area contributed by atoms with Crippen LogP contribution in [0, 0.1) is 0 Å². The maximum Gasteiger partial charge on any atom is 0.257 e. The first kappa shape index (κ1) is 15.8. The lowest BCUT2D eigenvalue weighted by Crippen LogP contribution is -2.11. The molecule has 1 amide bonds. The standard InChI is InChI=1S/C21H14N2O3S/c24-20(16-7-8-18-19(10-16)26-12-25-18)23-21-22-17(11-27-21)15-6-5-13-3-1-2-4-14(13)9-15/h1-11H,12H2,(H,22,23,24). The van der Waals surface area contributed by atoms with Crippen LogP contribution in [0.15, 0.2) is 66.0 Å². The summed E-state index contributed by atoms with van der Waals surface area (Å²) in [7, 11) is 0. The number of rotatable bonds is 3. The number of aromatic nitrogens is 1. The number of thiazole rings is 1. The van der Waals surface area contributed by atoms with Gasteiger partial charge in [-0.15, -0.1) is 11.3 Å². The van der Waals surface area contributed by atoms with E-state index < -0.39 is 0 Å². The molecule has 5 nitrogen and oxygen atoms in total. The van der Waals surface area contributed by atoms with Crippen LogP contribution in [0.1, 0.15) is 10.4 Å². The molecular formula is C21H14N2O3S. The molecule has 1 aliphatic heterocycles. The SMILES string of the molecule is O=C(Nc1nc(-c2ccc3ccccc3c2)cs1)c1ccc2c(c1)OCO2. The van der Waals surface area contributed by atoms with Crippen LogP contribution in [0.4, 0.5) is 5.13 Å². The van der Waals surface area contributed by atoms with Crippen molar-refractivity contribution < 1.29 is 14.3 Å². The van der Waals surface area contributed by atoms with Crippen LogP contribution in [0.3, 0.4) is 0 Å². The second kappa shape index (κ2) is 6.41. The third-order valence-corrected chi connectivity index (χ3v) is 5.16. The number of anilines is 1. The predicted octanol–water partition coefficient (Wildman–Crippen LogP) is 4.94. The molecule has 1 aliphatic rings. The van der Waals surface area contributed by atoms with E-state index in [0.717, 1.165) is 16.6 Å².